The van der Waals surface area contributed by atoms with Crippen LogP contribution >= 0.6 is 0 Å². The number of aryl methyl sites for hydroxylation is 1. The molecular weight excluding hydrogens is 232 g/mol. The first-order valence-electron chi connectivity index (χ1n) is 5.74. The Hall–Kier alpha value is -1.91. The fourth-order valence-electron chi connectivity index (χ4n) is 1.53. The van der Waals surface area contributed by atoms with Crippen LogP contribution in [0.5, 0.6) is 0 Å². The Labute approximate surface area is 106 Å². The van der Waals surface area contributed by atoms with Crippen LogP contribution in [0.3, 0.4) is 0 Å². The minimum atomic E-state index is -0.473. The van der Waals surface area contributed by atoms with Gasteiger partial charge in [-0.1, -0.05) is 26.8 Å². The van der Waals surface area contributed by atoms with E-state index in [4.69, 9.17) is 0 Å². The monoisotopic (exact) mass is 250 g/mol. The molecule has 5 heteroatoms. The number of hydrogen-bond donors (Lipinski definition) is 1. The van der Waals surface area contributed by atoms with Crippen LogP contribution in [0.2, 0.25) is 0 Å². The number of carbonyl (C=O) groups is 1. The molecule has 0 aromatic heterocycles. The summed E-state index contributed by atoms with van der Waals surface area (Å²) in [7, 11) is 0. The van der Waals surface area contributed by atoms with Crippen molar-refractivity contribution < 1.29 is 9.72 Å². The highest BCUT2D eigenvalue weighted by Crippen LogP contribution is 2.24. The lowest BCUT2D eigenvalue weighted by atomic mass is 9.92. The van der Waals surface area contributed by atoms with E-state index >= 15 is 0 Å². The van der Waals surface area contributed by atoms with Gasteiger partial charge in [-0.3, -0.25) is 14.9 Å². The molecule has 1 aromatic rings. The first-order chi connectivity index (χ1) is 8.19. The second kappa shape index (κ2) is 5.16. The van der Waals surface area contributed by atoms with Crippen LogP contribution in [0.15, 0.2) is 18.2 Å². The Kier molecular flexibility index (Phi) is 4.06. The summed E-state index contributed by atoms with van der Waals surface area (Å²) in [4.78, 5) is 22.0. The zero-order valence-corrected chi connectivity index (χ0v) is 11.1. The summed E-state index contributed by atoms with van der Waals surface area (Å²) in [5, 5.41) is 13.4. The number of nitro groups is 1. The van der Waals surface area contributed by atoms with Gasteiger partial charge in [0.15, 0.2) is 0 Å². The van der Waals surface area contributed by atoms with Crippen molar-refractivity contribution in [3.63, 3.8) is 0 Å². The van der Waals surface area contributed by atoms with Gasteiger partial charge in [0.25, 0.3) is 5.69 Å². The minimum Gasteiger partial charge on any atom is -0.326 e. The fraction of sp³-hybridized carbons (Fsp3) is 0.462. The van der Waals surface area contributed by atoms with E-state index in [9.17, 15) is 14.9 Å². The largest absolute Gasteiger partial charge is 0.326 e. The van der Waals surface area contributed by atoms with E-state index in [2.05, 4.69) is 5.32 Å². The van der Waals surface area contributed by atoms with E-state index < -0.39 is 4.92 Å². The van der Waals surface area contributed by atoms with Crippen molar-refractivity contribution in [2.75, 3.05) is 5.32 Å². The molecular formula is C13H18N2O3. The van der Waals surface area contributed by atoms with E-state index in [-0.39, 0.29) is 17.0 Å². The van der Waals surface area contributed by atoms with Crippen LogP contribution in [0, 0.1) is 22.5 Å². The van der Waals surface area contributed by atoms with Gasteiger partial charge in [-0.25, -0.2) is 0 Å². The lowest BCUT2D eigenvalue weighted by Gasteiger charge is -2.17. The topological polar surface area (TPSA) is 72.2 Å². The maximum absolute atomic E-state index is 11.8. The third-order valence-electron chi connectivity index (χ3n) is 2.40. The highest BCUT2D eigenvalue weighted by atomic mass is 16.6. The van der Waals surface area contributed by atoms with Crippen LogP contribution in [-0.2, 0) is 4.79 Å². The standard InChI is InChI=1S/C13H18N2O3/c1-9-5-6-10(15(17)18)7-11(9)14-12(16)8-13(2,3)4/h5-7H,8H2,1-4H3,(H,14,16). The molecule has 0 fully saturated rings. The summed E-state index contributed by atoms with van der Waals surface area (Å²) in [6, 6.07) is 4.44. The Morgan fingerprint density at radius 1 is 1.39 bits per heavy atom. The molecule has 5 nitrogen and oxygen atoms in total. The van der Waals surface area contributed by atoms with Gasteiger partial charge < -0.3 is 5.32 Å². The number of anilines is 1. The number of hydrogen-bond acceptors (Lipinski definition) is 3. The Balaban J connectivity index is 2.87. The van der Waals surface area contributed by atoms with Crippen molar-refractivity contribution in [2.24, 2.45) is 5.41 Å². The summed E-state index contributed by atoms with van der Waals surface area (Å²) in [5.41, 5.74) is 1.17. The molecule has 0 bridgehead atoms. The van der Waals surface area contributed by atoms with Crippen molar-refractivity contribution >= 4 is 17.3 Å². The van der Waals surface area contributed by atoms with Crippen LogP contribution in [0.25, 0.3) is 0 Å². The lowest BCUT2D eigenvalue weighted by Crippen LogP contribution is -2.20. The van der Waals surface area contributed by atoms with Crippen molar-refractivity contribution in [1.29, 1.82) is 0 Å². The molecule has 0 unspecified atom stereocenters. The van der Waals surface area contributed by atoms with Gasteiger partial charge in [0, 0.05) is 18.6 Å². The molecule has 18 heavy (non-hydrogen) atoms. The zero-order chi connectivity index (χ0) is 13.9. The first-order valence-corrected chi connectivity index (χ1v) is 5.74. The summed E-state index contributed by atoms with van der Waals surface area (Å²) in [6.07, 6.45) is 0.370. The quantitative estimate of drug-likeness (QED) is 0.661. The maximum Gasteiger partial charge on any atom is 0.271 e. The van der Waals surface area contributed by atoms with Crippen molar-refractivity contribution in [1.82, 2.24) is 0 Å². The third-order valence-corrected chi connectivity index (χ3v) is 2.40. The molecule has 0 atom stereocenters. The van der Waals surface area contributed by atoms with Crippen molar-refractivity contribution in [3.05, 3.63) is 33.9 Å². The predicted octanol–water partition coefficient (Wildman–Crippen LogP) is 3.28. The molecule has 0 spiro atoms. The summed E-state index contributed by atoms with van der Waals surface area (Å²) >= 11 is 0. The molecule has 1 N–H and O–H groups in total. The molecule has 0 aliphatic rings. The smallest absolute Gasteiger partial charge is 0.271 e. The number of carbonyl (C=O) groups excluding carboxylic acids is 1. The summed E-state index contributed by atoms with van der Waals surface area (Å²) in [6.45, 7) is 7.70. The van der Waals surface area contributed by atoms with Gasteiger partial charge in [0.05, 0.1) is 10.6 Å². The number of non-ortho nitro benzene ring substituents is 1. The number of nitro benzene ring substituents is 1. The van der Waals surface area contributed by atoms with E-state index in [0.717, 1.165) is 5.56 Å². The number of nitrogens with one attached hydrogen (secondary N) is 1. The van der Waals surface area contributed by atoms with Gasteiger partial charge in [0.2, 0.25) is 5.91 Å². The molecule has 1 aromatic carbocycles. The highest BCUT2D eigenvalue weighted by molar-refractivity contribution is 5.92. The number of benzene rings is 1. The zero-order valence-electron chi connectivity index (χ0n) is 11.1. The third kappa shape index (κ3) is 4.16. The lowest BCUT2D eigenvalue weighted by molar-refractivity contribution is -0.384. The summed E-state index contributed by atoms with van der Waals surface area (Å²) in [5.74, 6) is -0.133. The maximum atomic E-state index is 11.8. The molecule has 0 aliphatic carbocycles. The molecule has 1 amide bonds. The molecule has 0 aliphatic heterocycles. The van der Waals surface area contributed by atoms with E-state index in [1.165, 1.54) is 12.1 Å². The minimum absolute atomic E-state index is 0.0216. The highest BCUT2D eigenvalue weighted by Gasteiger charge is 2.17. The second-order valence-electron chi connectivity index (χ2n) is 5.54. The number of rotatable bonds is 3. The predicted molar refractivity (Wildman–Crippen MR) is 70.5 cm³/mol. The van der Waals surface area contributed by atoms with Crippen LogP contribution in [-0.4, -0.2) is 10.8 Å². The van der Waals surface area contributed by atoms with Crippen LogP contribution in [0.4, 0.5) is 11.4 Å². The molecule has 0 heterocycles. The molecule has 0 saturated carbocycles. The molecule has 98 valence electrons. The van der Waals surface area contributed by atoms with Gasteiger partial charge in [-0.2, -0.15) is 0 Å². The molecule has 1 rings (SSSR count). The van der Waals surface area contributed by atoms with Crippen LogP contribution in [0.1, 0.15) is 32.8 Å². The summed E-state index contributed by atoms with van der Waals surface area (Å²) < 4.78 is 0. The average Bonchev–Trinajstić information content (AvgIpc) is 2.18. The number of amides is 1. The van der Waals surface area contributed by atoms with Crippen molar-refractivity contribution in [2.45, 2.75) is 34.1 Å². The van der Waals surface area contributed by atoms with Gasteiger partial charge >= 0.3 is 0 Å². The van der Waals surface area contributed by atoms with E-state index in [0.29, 0.717) is 12.1 Å². The average molecular weight is 250 g/mol. The van der Waals surface area contributed by atoms with Gasteiger partial charge in [0.1, 0.15) is 0 Å². The Morgan fingerprint density at radius 2 is 2.00 bits per heavy atom. The second-order valence-corrected chi connectivity index (χ2v) is 5.54. The van der Waals surface area contributed by atoms with Gasteiger partial charge in [-0.15, -0.1) is 0 Å². The van der Waals surface area contributed by atoms with Crippen molar-refractivity contribution in [3.8, 4) is 0 Å². The van der Waals surface area contributed by atoms with Gasteiger partial charge in [-0.05, 0) is 17.9 Å². The SMILES string of the molecule is Cc1ccc([N+](=O)[O-])cc1NC(=O)CC(C)(C)C. The Morgan fingerprint density at radius 3 is 2.50 bits per heavy atom. The first kappa shape index (κ1) is 14.2. The normalized spacial score (nSPS) is 11.1. The molecule has 0 radical (unpaired) electrons. The van der Waals surface area contributed by atoms with Crippen LogP contribution < -0.4 is 5.32 Å². The number of nitrogens with zero attached hydrogens (tertiary/aromatic N) is 1. The Bertz CT molecular complexity index is 476. The molecule has 0 saturated heterocycles. The van der Waals surface area contributed by atoms with E-state index in [1.54, 1.807) is 13.0 Å². The fourth-order valence-corrected chi connectivity index (χ4v) is 1.53. The van der Waals surface area contributed by atoms with E-state index in [1.807, 2.05) is 20.8 Å².